The van der Waals surface area contributed by atoms with Crippen LogP contribution >= 0.6 is 59.1 Å². The first-order chi connectivity index (χ1) is 14.9. The Kier molecular flexibility index (Phi) is 6.65. The molecule has 1 aliphatic rings. The first-order valence-corrected chi connectivity index (χ1v) is 12.2. The second kappa shape index (κ2) is 9.27. The molecule has 0 N–H and O–H groups in total. The van der Waals surface area contributed by atoms with Crippen molar-refractivity contribution in [2.24, 2.45) is 15.3 Å². The number of carbonyl (C=O) groups excluding carboxylic acids is 1. The van der Waals surface area contributed by atoms with E-state index in [2.05, 4.69) is 68.1 Å². The van der Waals surface area contributed by atoms with Gasteiger partial charge in [-0.25, -0.2) is 4.98 Å². The highest BCUT2D eigenvalue weighted by molar-refractivity contribution is 9.11. The number of azo groups is 1. The van der Waals surface area contributed by atoms with Gasteiger partial charge in [-0.05, 0) is 75.2 Å². The van der Waals surface area contributed by atoms with Crippen LogP contribution in [0.25, 0.3) is 11.3 Å². The molecule has 158 valence electrons. The number of aromatic nitrogens is 1. The summed E-state index contributed by atoms with van der Waals surface area (Å²) >= 11 is 11.7. The van der Waals surface area contributed by atoms with Gasteiger partial charge in [0.15, 0.2) is 6.04 Å². The van der Waals surface area contributed by atoms with Crippen LogP contribution in [0.1, 0.15) is 6.92 Å². The van der Waals surface area contributed by atoms with Crippen molar-refractivity contribution in [2.75, 3.05) is 12.1 Å². The number of nitrogens with zero attached hydrogens (tertiary/aromatic N) is 5. The number of ether oxygens (including phenoxy) is 1. The second-order valence-corrected chi connectivity index (χ2v) is 9.93. The Morgan fingerprint density at radius 1 is 1.13 bits per heavy atom. The molecule has 2 heterocycles. The van der Waals surface area contributed by atoms with Gasteiger partial charge in [0.05, 0.1) is 18.5 Å². The maximum absolute atomic E-state index is 13.0. The molecule has 0 bridgehead atoms. The zero-order chi connectivity index (χ0) is 22.1. The summed E-state index contributed by atoms with van der Waals surface area (Å²) in [6.45, 7) is 1.76. The van der Waals surface area contributed by atoms with Crippen LogP contribution in [0.3, 0.4) is 0 Å². The average Bonchev–Trinajstić information content (AvgIpc) is 3.33. The van der Waals surface area contributed by atoms with Crippen LogP contribution in [0.5, 0.6) is 5.75 Å². The largest absolute Gasteiger partial charge is 0.497 e. The summed E-state index contributed by atoms with van der Waals surface area (Å²) in [5.41, 5.74) is 2.84. The third-order valence-electron chi connectivity index (χ3n) is 4.41. The van der Waals surface area contributed by atoms with Gasteiger partial charge in [-0.15, -0.1) is 11.3 Å². The summed E-state index contributed by atoms with van der Waals surface area (Å²) in [6.07, 6.45) is 0. The fraction of sp³-hybridized carbons (Fsp3) is 0.150. The van der Waals surface area contributed by atoms with Crippen molar-refractivity contribution < 1.29 is 9.53 Å². The summed E-state index contributed by atoms with van der Waals surface area (Å²) in [5, 5.41) is 16.6. The molecule has 0 radical (unpaired) electrons. The van der Waals surface area contributed by atoms with Crippen molar-refractivity contribution in [3.05, 3.63) is 55.2 Å². The Morgan fingerprint density at radius 2 is 1.81 bits per heavy atom. The molecule has 1 amide bonds. The molecule has 31 heavy (non-hydrogen) atoms. The Labute approximate surface area is 207 Å². The number of rotatable bonds is 5. The number of hydrogen-bond donors (Lipinski definition) is 0. The van der Waals surface area contributed by atoms with Crippen molar-refractivity contribution in [3.8, 4) is 17.0 Å². The number of amides is 1. The molecule has 11 heteroatoms. The minimum atomic E-state index is -0.796. The maximum atomic E-state index is 13.0. The first kappa shape index (κ1) is 22.3. The molecule has 0 saturated heterocycles. The molecule has 0 aliphatic carbocycles. The molecule has 2 aromatic carbocycles. The van der Waals surface area contributed by atoms with Gasteiger partial charge in [0.25, 0.3) is 5.91 Å². The monoisotopic (exact) mass is 625 g/mol. The highest BCUT2D eigenvalue weighted by Gasteiger charge is 2.36. The number of anilines is 1. The molecule has 4 rings (SSSR count). The quantitative estimate of drug-likeness (QED) is 0.286. The van der Waals surface area contributed by atoms with Crippen LogP contribution in [-0.4, -0.2) is 29.8 Å². The maximum Gasteiger partial charge on any atom is 0.282 e. The number of benzene rings is 2. The molecule has 0 fully saturated rings. The molecule has 3 aromatic rings. The van der Waals surface area contributed by atoms with E-state index >= 15 is 0 Å². The van der Waals surface area contributed by atoms with E-state index in [9.17, 15) is 4.79 Å². The van der Waals surface area contributed by atoms with Gasteiger partial charge in [0.2, 0.25) is 5.13 Å². The van der Waals surface area contributed by atoms with Crippen molar-refractivity contribution >= 4 is 81.6 Å². The van der Waals surface area contributed by atoms with E-state index in [4.69, 9.17) is 4.74 Å². The van der Waals surface area contributed by atoms with Gasteiger partial charge in [0.1, 0.15) is 11.4 Å². The fourth-order valence-corrected chi connectivity index (χ4v) is 6.03. The Balaban J connectivity index is 1.55. The SMILES string of the molecule is COc1ccc(-c2csc(N3N=C(C)[C@H](N=Nc4c(Br)cc(Br)cc4Br)C3=O)n2)cc1. The average molecular weight is 628 g/mol. The highest BCUT2D eigenvalue weighted by atomic mass is 79.9. The Hall–Kier alpha value is -1.95. The van der Waals surface area contributed by atoms with Crippen LogP contribution in [0, 0.1) is 0 Å². The zero-order valence-corrected chi connectivity index (χ0v) is 21.8. The summed E-state index contributed by atoms with van der Waals surface area (Å²) in [6, 6.07) is 10.5. The first-order valence-electron chi connectivity index (χ1n) is 8.92. The summed E-state index contributed by atoms with van der Waals surface area (Å²) in [7, 11) is 1.62. The lowest BCUT2D eigenvalue weighted by molar-refractivity contribution is -0.117. The molecule has 0 saturated carbocycles. The van der Waals surface area contributed by atoms with Crippen LogP contribution in [0.4, 0.5) is 10.8 Å². The number of hydrazone groups is 1. The lowest BCUT2D eigenvalue weighted by atomic mass is 10.2. The summed E-state index contributed by atoms with van der Waals surface area (Å²) in [4.78, 5) is 17.5. The zero-order valence-electron chi connectivity index (χ0n) is 16.2. The number of methoxy groups -OCH3 is 1. The van der Waals surface area contributed by atoms with E-state index in [1.54, 1.807) is 14.0 Å². The molecular weight excluding hydrogens is 614 g/mol. The van der Waals surface area contributed by atoms with E-state index in [0.29, 0.717) is 16.5 Å². The number of carbonyl (C=O) groups is 1. The fourth-order valence-electron chi connectivity index (χ4n) is 2.83. The van der Waals surface area contributed by atoms with Crippen LogP contribution in [-0.2, 0) is 4.79 Å². The molecule has 1 aromatic heterocycles. The van der Waals surface area contributed by atoms with Crippen molar-refractivity contribution in [1.29, 1.82) is 0 Å². The molecule has 1 atom stereocenters. The topological polar surface area (TPSA) is 79.5 Å². The number of thiazole rings is 1. The summed E-state index contributed by atoms with van der Waals surface area (Å²) in [5.74, 6) is 0.479. The molecule has 7 nitrogen and oxygen atoms in total. The van der Waals surface area contributed by atoms with Gasteiger partial charge < -0.3 is 4.74 Å². The number of hydrogen-bond acceptors (Lipinski definition) is 7. The van der Waals surface area contributed by atoms with Crippen molar-refractivity contribution in [3.63, 3.8) is 0 Å². The standard InChI is InChI=1S/C20H14Br3N5O2S/c1-10-17(25-26-18-14(22)7-12(21)8-15(18)23)19(29)28(27-10)20-24-16(9-31-20)11-3-5-13(30-2)6-4-11/h3-9,17H,1-2H3/t17-/m0/s1. The molecule has 1 aliphatic heterocycles. The van der Waals surface area contributed by atoms with Gasteiger partial charge in [-0.3, -0.25) is 4.79 Å². The highest BCUT2D eigenvalue weighted by Crippen LogP contribution is 2.37. The predicted molar refractivity (Wildman–Crippen MR) is 133 cm³/mol. The van der Waals surface area contributed by atoms with Gasteiger partial charge in [-0.1, -0.05) is 15.9 Å². The molecule has 0 spiro atoms. The van der Waals surface area contributed by atoms with E-state index in [0.717, 1.165) is 30.4 Å². The molecule has 0 unspecified atom stereocenters. The van der Waals surface area contributed by atoms with E-state index in [1.165, 1.54) is 16.3 Å². The number of halogens is 3. The van der Waals surface area contributed by atoms with Gasteiger partial charge in [0, 0.05) is 24.4 Å². The normalized spacial score (nSPS) is 16.3. The lowest BCUT2D eigenvalue weighted by Gasteiger charge is -2.08. The third kappa shape index (κ3) is 4.64. The van der Waals surface area contributed by atoms with Crippen LogP contribution in [0.15, 0.2) is 70.5 Å². The van der Waals surface area contributed by atoms with E-state index < -0.39 is 6.04 Å². The van der Waals surface area contributed by atoms with Gasteiger partial charge in [-0.2, -0.15) is 20.3 Å². The van der Waals surface area contributed by atoms with E-state index in [-0.39, 0.29) is 5.91 Å². The molecular formula is C20H14Br3N5O2S. The third-order valence-corrected chi connectivity index (χ3v) is 6.89. The Morgan fingerprint density at radius 3 is 2.45 bits per heavy atom. The minimum Gasteiger partial charge on any atom is -0.497 e. The Bertz CT molecular complexity index is 1190. The van der Waals surface area contributed by atoms with Gasteiger partial charge >= 0.3 is 0 Å². The minimum absolute atomic E-state index is 0.291. The summed E-state index contributed by atoms with van der Waals surface area (Å²) < 4.78 is 7.58. The van der Waals surface area contributed by atoms with E-state index in [1.807, 2.05) is 41.8 Å². The predicted octanol–water partition coefficient (Wildman–Crippen LogP) is 6.98. The van der Waals surface area contributed by atoms with Crippen molar-refractivity contribution in [2.45, 2.75) is 13.0 Å². The second-order valence-electron chi connectivity index (χ2n) is 6.47. The smallest absolute Gasteiger partial charge is 0.282 e. The van der Waals surface area contributed by atoms with Crippen LogP contribution < -0.4 is 9.75 Å². The lowest BCUT2D eigenvalue weighted by Crippen LogP contribution is -2.29. The van der Waals surface area contributed by atoms with Crippen molar-refractivity contribution in [1.82, 2.24) is 4.98 Å². The van der Waals surface area contributed by atoms with Crippen LogP contribution in [0.2, 0.25) is 0 Å².